The fourth-order valence-electron chi connectivity index (χ4n) is 6.20. The Labute approximate surface area is 211 Å². The molecule has 36 heavy (non-hydrogen) atoms. The number of carbonyl (C=O) groups is 1. The van der Waals surface area contributed by atoms with E-state index in [1.54, 1.807) is 6.92 Å². The molecule has 0 radical (unpaired) electrons. The number of aromatic hydroxyl groups is 1. The third-order valence-electron chi connectivity index (χ3n) is 8.12. The monoisotopic (exact) mass is 492 g/mol. The lowest BCUT2D eigenvalue weighted by molar-refractivity contribution is -0.132. The molecule has 0 saturated heterocycles. The highest BCUT2D eigenvalue weighted by Gasteiger charge is 2.37. The largest absolute Gasteiger partial charge is 0.494 e. The Balaban J connectivity index is 1.67. The van der Waals surface area contributed by atoms with Gasteiger partial charge in [0.2, 0.25) is 11.8 Å². The molecule has 0 bridgehead atoms. The van der Waals surface area contributed by atoms with Gasteiger partial charge < -0.3 is 5.11 Å². The Morgan fingerprint density at radius 3 is 2.08 bits per heavy atom. The molecule has 8 heteroatoms. The highest BCUT2D eigenvalue weighted by Crippen LogP contribution is 2.36. The lowest BCUT2D eigenvalue weighted by atomic mass is 9.93. The first kappa shape index (κ1) is 24.5. The molecule has 192 valence electrons. The van der Waals surface area contributed by atoms with Gasteiger partial charge in [0.15, 0.2) is 0 Å². The van der Waals surface area contributed by atoms with E-state index in [-0.39, 0.29) is 41.9 Å². The van der Waals surface area contributed by atoms with Gasteiger partial charge in [0.05, 0.1) is 11.8 Å². The zero-order valence-electron chi connectivity index (χ0n) is 21.1. The molecule has 2 aliphatic carbocycles. The van der Waals surface area contributed by atoms with Crippen molar-refractivity contribution in [3.63, 3.8) is 0 Å². The number of rotatable bonds is 5. The van der Waals surface area contributed by atoms with Crippen LogP contribution in [-0.4, -0.2) is 30.9 Å². The summed E-state index contributed by atoms with van der Waals surface area (Å²) in [5.41, 5.74) is 0.499. The summed E-state index contributed by atoms with van der Waals surface area (Å²) in [4.78, 5) is 40.5. The second-order valence-electron chi connectivity index (χ2n) is 10.4. The molecule has 0 spiro atoms. The minimum Gasteiger partial charge on any atom is -0.494 e. The normalized spacial score (nSPS) is 21.5. The average molecular weight is 493 g/mol. The molecule has 1 amide bonds. The molecule has 1 aromatic carbocycles. The van der Waals surface area contributed by atoms with E-state index in [2.05, 4.69) is 5.10 Å². The quantitative estimate of drug-likeness (QED) is 0.648. The molecule has 2 fully saturated rings. The number of hydrazone groups is 1. The van der Waals surface area contributed by atoms with Crippen molar-refractivity contribution in [2.24, 2.45) is 5.10 Å². The van der Waals surface area contributed by atoms with Gasteiger partial charge in [0.1, 0.15) is 5.56 Å². The van der Waals surface area contributed by atoms with Crippen LogP contribution >= 0.6 is 0 Å². The maximum absolute atomic E-state index is 13.9. The van der Waals surface area contributed by atoms with Crippen LogP contribution < -0.4 is 11.2 Å². The summed E-state index contributed by atoms with van der Waals surface area (Å²) in [5.74, 6) is -0.438. The Bertz CT molecular complexity index is 1250. The van der Waals surface area contributed by atoms with Crippen molar-refractivity contribution >= 4 is 11.6 Å². The van der Waals surface area contributed by atoms with Crippen molar-refractivity contribution in [2.45, 2.75) is 102 Å². The van der Waals surface area contributed by atoms with Gasteiger partial charge in [-0.1, -0.05) is 75.8 Å². The van der Waals surface area contributed by atoms with Crippen molar-refractivity contribution in [1.29, 1.82) is 0 Å². The molecule has 3 aliphatic rings. The van der Waals surface area contributed by atoms with Gasteiger partial charge >= 0.3 is 5.69 Å². The lowest BCUT2D eigenvalue weighted by Gasteiger charge is -2.29. The third-order valence-corrected chi connectivity index (χ3v) is 8.12. The molecule has 1 N–H and O–H groups in total. The first-order chi connectivity index (χ1) is 17.5. The second kappa shape index (κ2) is 10.4. The number of hydrogen-bond donors (Lipinski definition) is 1. The van der Waals surface area contributed by atoms with Crippen LogP contribution in [0.3, 0.4) is 0 Å². The van der Waals surface area contributed by atoms with Crippen molar-refractivity contribution in [1.82, 2.24) is 14.1 Å². The van der Waals surface area contributed by atoms with E-state index in [9.17, 15) is 19.5 Å². The number of nitrogens with zero attached hydrogens (tertiary/aromatic N) is 4. The summed E-state index contributed by atoms with van der Waals surface area (Å²) in [5, 5.41) is 17.6. The first-order valence-corrected chi connectivity index (χ1v) is 13.6. The van der Waals surface area contributed by atoms with Crippen LogP contribution in [-0.2, 0) is 4.79 Å². The molecule has 1 aromatic heterocycles. The average Bonchev–Trinajstić information content (AvgIpc) is 3.35. The molecule has 1 unspecified atom stereocenters. The van der Waals surface area contributed by atoms with Crippen LogP contribution in [0.5, 0.6) is 5.88 Å². The van der Waals surface area contributed by atoms with Gasteiger partial charge in [-0.2, -0.15) is 5.10 Å². The molecule has 2 aromatic rings. The molecule has 8 nitrogen and oxygen atoms in total. The Morgan fingerprint density at radius 1 is 0.917 bits per heavy atom. The van der Waals surface area contributed by atoms with Gasteiger partial charge in [-0.05, 0) is 31.2 Å². The minimum atomic E-state index is -0.479. The second-order valence-corrected chi connectivity index (χ2v) is 10.4. The summed E-state index contributed by atoms with van der Waals surface area (Å²) < 4.78 is 2.86. The number of amides is 1. The Morgan fingerprint density at radius 2 is 1.50 bits per heavy atom. The van der Waals surface area contributed by atoms with Crippen molar-refractivity contribution < 1.29 is 9.90 Å². The van der Waals surface area contributed by atoms with Crippen LogP contribution in [0.1, 0.15) is 113 Å². The summed E-state index contributed by atoms with van der Waals surface area (Å²) in [6.07, 6.45) is 9.91. The summed E-state index contributed by atoms with van der Waals surface area (Å²) in [7, 11) is 0. The van der Waals surface area contributed by atoms with Gasteiger partial charge in [-0.15, -0.1) is 0 Å². The number of hydrogen-bond acceptors (Lipinski definition) is 5. The molecular weight excluding hydrogens is 456 g/mol. The summed E-state index contributed by atoms with van der Waals surface area (Å²) in [6, 6.07) is 8.97. The third kappa shape index (κ3) is 4.42. The predicted molar refractivity (Wildman–Crippen MR) is 138 cm³/mol. The zero-order valence-corrected chi connectivity index (χ0v) is 21.1. The molecule has 1 atom stereocenters. The van der Waals surface area contributed by atoms with Gasteiger partial charge in [0.25, 0.3) is 5.56 Å². The molecule has 2 heterocycles. The van der Waals surface area contributed by atoms with Crippen LogP contribution in [0.2, 0.25) is 0 Å². The van der Waals surface area contributed by atoms with Crippen LogP contribution in [0, 0.1) is 0 Å². The van der Waals surface area contributed by atoms with E-state index >= 15 is 0 Å². The van der Waals surface area contributed by atoms with Gasteiger partial charge in [0, 0.05) is 24.9 Å². The maximum atomic E-state index is 13.9. The topological polar surface area (TPSA) is 96.9 Å². The van der Waals surface area contributed by atoms with Crippen LogP contribution in [0.15, 0.2) is 45.0 Å². The van der Waals surface area contributed by atoms with E-state index in [1.807, 2.05) is 30.3 Å². The molecule has 1 aliphatic heterocycles. The first-order valence-electron chi connectivity index (χ1n) is 13.6. The standard InChI is InChI=1S/C28H36N4O4/c1-2-24(33)32-23(19-12-6-3-7-13-19)18-22(29-32)25-26(34)30(20-14-8-4-9-15-20)28(36)31(27(25)35)21-16-10-5-11-17-21/h3,6-7,12-13,20-21,23,34H,2,4-5,8-11,14-18H2,1H3. The van der Waals surface area contributed by atoms with Crippen LogP contribution in [0.25, 0.3) is 0 Å². The van der Waals surface area contributed by atoms with Crippen LogP contribution in [0.4, 0.5) is 0 Å². The van der Waals surface area contributed by atoms with Gasteiger partial charge in [-0.25, -0.2) is 9.80 Å². The lowest BCUT2D eigenvalue weighted by Crippen LogP contribution is -2.46. The fraction of sp³-hybridized carbons (Fsp3) is 0.571. The molecule has 2 saturated carbocycles. The van der Waals surface area contributed by atoms with Crippen molar-refractivity contribution in [3.8, 4) is 5.88 Å². The van der Waals surface area contributed by atoms with Gasteiger partial charge in [-0.3, -0.25) is 18.7 Å². The number of aromatic nitrogens is 2. The smallest absolute Gasteiger partial charge is 0.334 e. The van der Waals surface area contributed by atoms with E-state index in [1.165, 1.54) is 14.1 Å². The predicted octanol–water partition coefficient (Wildman–Crippen LogP) is 4.81. The Kier molecular flexibility index (Phi) is 7.12. The molecule has 5 rings (SSSR count). The van der Waals surface area contributed by atoms with Crippen molar-refractivity contribution in [3.05, 3.63) is 62.3 Å². The minimum absolute atomic E-state index is 0.0816. The van der Waals surface area contributed by atoms with E-state index in [4.69, 9.17) is 0 Å². The maximum Gasteiger partial charge on any atom is 0.334 e. The zero-order chi connectivity index (χ0) is 25.2. The van der Waals surface area contributed by atoms with Crippen molar-refractivity contribution in [2.75, 3.05) is 0 Å². The number of benzene rings is 1. The Hall–Kier alpha value is -3.16. The van der Waals surface area contributed by atoms with E-state index < -0.39 is 11.2 Å². The SMILES string of the molecule is CCC(=O)N1N=C(c2c(O)n(C3CCCCC3)c(=O)n(C3CCCCC3)c2=O)CC1c1ccccc1. The van der Waals surface area contributed by atoms with E-state index in [0.29, 0.717) is 12.1 Å². The highest BCUT2D eigenvalue weighted by atomic mass is 16.3. The fourth-order valence-corrected chi connectivity index (χ4v) is 6.20. The molecular formula is C28H36N4O4. The highest BCUT2D eigenvalue weighted by molar-refractivity contribution is 6.04. The summed E-state index contributed by atoms with van der Waals surface area (Å²) in [6.45, 7) is 1.79. The van der Waals surface area contributed by atoms with E-state index in [0.717, 1.165) is 69.8 Å². The number of carbonyl (C=O) groups excluding carboxylic acids is 1. The summed E-state index contributed by atoms with van der Waals surface area (Å²) >= 11 is 0.